The number of amides is 2. The predicted octanol–water partition coefficient (Wildman–Crippen LogP) is 0.437. The summed E-state index contributed by atoms with van der Waals surface area (Å²) in [5.41, 5.74) is 5.84. The molecule has 6 nitrogen and oxygen atoms in total. The summed E-state index contributed by atoms with van der Waals surface area (Å²) in [6, 6.07) is 0. The molecule has 2 amide bonds. The Balaban J connectivity index is 0.00000242. The summed E-state index contributed by atoms with van der Waals surface area (Å²) in [4.78, 5) is 30.4. The molecule has 0 radical (unpaired) electrons. The molecule has 0 spiro atoms. The van der Waals surface area contributed by atoms with Crippen LogP contribution < -0.4 is 5.73 Å². The molecule has 2 unspecified atom stereocenters. The Morgan fingerprint density at radius 2 is 2.04 bits per heavy atom. The Hall–Kier alpha value is -0.560. The third-order valence-electron chi connectivity index (χ3n) is 4.74. The van der Waals surface area contributed by atoms with Crippen LogP contribution >= 0.6 is 24.8 Å². The normalized spacial score (nSPS) is 27.2. The standard InChI is InChI=1S/C15H28N4O2.2ClH/c1-15(10-16)4-5-19(11-15)14(21)12-8-13(20)18(9-12)7-6-17(2)3;;/h12H,4-11,16H2,1-3H3;2*1H. The molecule has 2 heterocycles. The molecule has 2 aliphatic rings. The van der Waals surface area contributed by atoms with Gasteiger partial charge in [0, 0.05) is 39.1 Å². The number of hydrogen-bond acceptors (Lipinski definition) is 4. The minimum atomic E-state index is -0.167. The molecule has 0 bridgehead atoms. The van der Waals surface area contributed by atoms with E-state index in [1.165, 1.54) is 0 Å². The van der Waals surface area contributed by atoms with Crippen LogP contribution in [-0.4, -0.2) is 79.9 Å². The van der Waals surface area contributed by atoms with Gasteiger partial charge >= 0.3 is 0 Å². The minimum absolute atomic E-state index is 0. The van der Waals surface area contributed by atoms with Crippen molar-refractivity contribution < 1.29 is 9.59 Å². The van der Waals surface area contributed by atoms with Crippen LogP contribution in [0.1, 0.15) is 19.8 Å². The Morgan fingerprint density at radius 3 is 2.57 bits per heavy atom. The van der Waals surface area contributed by atoms with Gasteiger partial charge in [-0.1, -0.05) is 6.92 Å². The number of carbonyl (C=O) groups excluding carboxylic acids is 2. The average Bonchev–Trinajstić information content (AvgIpc) is 3.00. The zero-order valence-corrected chi connectivity index (χ0v) is 15.9. The van der Waals surface area contributed by atoms with Crippen LogP contribution in [0.2, 0.25) is 0 Å². The minimum Gasteiger partial charge on any atom is -0.342 e. The van der Waals surface area contributed by atoms with E-state index < -0.39 is 0 Å². The van der Waals surface area contributed by atoms with Crippen molar-refractivity contribution in [3.63, 3.8) is 0 Å². The second kappa shape index (κ2) is 9.06. The van der Waals surface area contributed by atoms with E-state index in [0.29, 0.717) is 26.1 Å². The maximum atomic E-state index is 12.6. The first-order valence-electron chi connectivity index (χ1n) is 7.76. The van der Waals surface area contributed by atoms with E-state index in [2.05, 4.69) is 11.8 Å². The predicted molar refractivity (Wildman–Crippen MR) is 96.1 cm³/mol. The Morgan fingerprint density at radius 1 is 1.39 bits per heavy atom. The first kappa shape index (κ1) is 22.4. The molecule has 2 saturated heterocycles. The lowest BCUT2D eigenvalue weighted by Crippen LogP contribution is -2.39. The molecule has 2 atom stereocenters. The quantitative estimate of drug-likeness (QED) is 0.764. The smallest absolute Gasteiger partial charge is 0.228 e. The summed E-state index contributed by atoms with van der Waals surface area (Å²) in [6.07, 6.45) is 1.32. The molecule has 0 saturated carbocycles. The molecule has 2 fully saturated rings. The molecule has 2 aliphatic heterocycles. The highest BCUT2D eigenvalue weighted by Gasteiger charge is 2.41. The molecule has 0 aromatic heterocycles. The van der Waals surface area contributed by atoms with E-state index in [1.807, 2.05) is 23.9 Å². The number of halogens is 2. The Labute approximate surface area is 151 Å². The summed E-state index contributed by atoms with van der Waals surface area (Å²) >= 11 is 0. The Bertz CT molecular complexity index is 422. The summed E-state index contributed by atoms with van der Waals surface area (Å²) in [5.74, 6) is 0.0728. The van der Waals surface area contributed by atoms with Gasteiger partial charge < -0.3 is 20.4 Å². The van der Waals surface area contributed by atoms with Gasteiger partial charge in [-0.3, -0.25) is 9.59 Å². The number of hydrogen-bond donors (Lipinski definition) is 1. The SMILES string of the molecule is CN(C)CCN1CC(C(=O)N2CCC(C)(CN)C2)CC1=O.Cl.Cl. The monoisotopic (exact) mass is 368 g/mol. The molecular formula is C15H30Cl2N4O2. The molecule has 2 rings (SSSR count). The summed E-state index contributed by atoms with van der Waals surface area (Å²) in [6.45, 7) is 6.34. The van der Waals surface area contributed by atoms with E-state index in [-0.39, 0.29) is 48.0 Å². The Kier molecular flexibility index (Phi) is 8.84. The van der Waals surface area contributed by atoms with E-state index in [0.717, 1.165) is 26.1 Å². The summed E-state index contributed by atoms with van der Waals surface area (Å²) < 4.78 is 0. The maximum absolute atomic E-state index is 12.6. The van der Waals surface area contributed by atoms with Crippen molar-refractivity contribution in [1.82, 2.24) is 14.7 Å². The number of likely N-dealkylation sites (tertiary alicyclic amines) is 2. The van der Waals surface area contributed by atoms with Crippen molar-refractivity contribution in [3.8, 4) is 0 Å². The topological polar surface area (TPSA) is 69.9 Å². The number of rotatable bonds is 5. The fraction of sp³-hybridized carbons (Fsp3) is 0.867. The van der Waals surface area contributed by atoms with Crippen LogP contribution in [0.3, 0.4) is 0 Å². The highest BCUT2D eigenvalue weighted by molar-refractivity contribution is 5.89. The average molecular weight is 369 g/mol. The summed E-state index contributed by atoms with van der Waals surface area (Å²) in [7, 11) is 3.97. The second-order valence-electron chi connectivity index (χ2n) is 7.07. The zero-order valence-electron chi connectivity index (χ0n) is 14.3. The zero-order chi connectivity index (χ0) is 15.6. The van der Waals surface area contributed by atoms with Crippen LogP contribution in [-0.2, 0) is 9.59 Å². The molecule has 0 aromatic rings. The van der Waals surface area contributed by atoms with E-state index in [1.54, 1.807) is 0 Å². The van der Waals surface area contributed by atoms with Gasteiger partial charge in [0.2, 0.25) is 11.8 Å². The lowest BCUT2D eigenvalue weighted by atomic mass is 9.90. The number of likely N-dealkylation sites (N-methyl/N-ethyl adjacent to an activating group) is 1. The van der Waals surface area contributed by atoms with Crippen LogP contribution in [0.15, 0.2) is 0 Å². The largest absolute Gasteiger partial charge is 0.342 e. The van der Waals surface area contributed by atoms with Crippen LogP contribution in [0.5, 0.6) is 0 Å². The van der Waals surface area contributed by atoms with Crippen molar-refractivity contribution >= 4 is 36.6 Å². The van der Waals surface area contributed by atoms with E-state index in [9.17, 15) is 9.59 Å². The van der Waals surface area contributed by atoms with Crippen molar-refractivity contribution in [2.45, 2.75) is 19.8 Å². The highest BCUT2D eigenvalue weighted by Crippen LogP contribution is 2.31. The molecule has 0 aliphatic carbocycles. The van der Waals surface area contributed by atoms with E-state index in [4.69, 9.17) is 5.73 Å². The van der Waals surface area contributed by atoms with Gasteiger partial charge in [0.25, 0.3) is 0 Å². The van der Waals surface area contributed by atoms with Crippen LogP contribution in [0.25, 0.3) is 0 Å². The van der Waals surface area contributed by atoms with Gasteiger partial charge in [0.05, 0.1) is 5.92 Å². The molecular weight excluding hydrogens is 339 g/mol. The van der Waals surface area contributed by atoms with Crippen molar-refractivity contribution in [1.29, 1.82) is 0 Å². The number of nitrogens with zero attached hydrogens (tertiary/aromatic N) is 3. The third kappa shape index (κ3) is 5.48. The maximum Gasteiger partial charge on any atom is 0.228 e. The fourth-order valence-corrected chi connectivity index (χ4v) is 3.11. The van der Waals surface area contributed by atoms with Gasteiger partial charge in [-0.15, -0.1) is 24.8 Å². The third-order valence-corrected chi connectivity index (χ3v) is 4.74. The van der Waals surface area contributed by atoms with Gasteiger partial charge in [-0.25, -0.2) is 0 Å². The molecule has 136 valence electrons. The fourth-order valence-electron chi connectivity index (χ4n) is 3.11. The molecule has 0 aromatic carbocycles. The van der Waals surface area contributed by atoms with E-state index >= 15 is 0 Å². The van der Waals surface area contributed by atoms with Crippen LogP contribution in [0.4, 0.5) is 0 Å². The molecule has 8 heteroatoms. The summed E-state index contributed by atoms with van der Waals surface area (Å²) in [5, 5.41) is 0. The first-order chi connectivity index (χ1) is 9.84. The van der Waals surface area contributed by atoms with Gasteiger partial charge in [-0.05, 0) is 32.5 Å². The molecule has 23 heavy (non-hydrogen) atoms. The van der Waals surface area contributed by atoms with Crippen molar-refractivity contribution in [2.24, 2.45) is 17.1 Å². The molecule has 2 N–H and O–H groups in total. The van der Waals surface area contributed by atoms with Gasteiger partial charge in [0.1, 0.15) is 0 Å². The number of nitrogens with two attached hydrogens (primary N) is 1. The van der Waals surface area contributed by atoms with Crippen LogP contribution in [0, 0.1) is 11.3 Å². The van der Waals surface area contributed by atoms with Crippen molar-refractivity contribution in [3.05, 3.63) is 0 Å². The lowest BCUT2D eigenvalue weighted by molar-refractivity contribution is -0.135. The van der Waals surface area contributed by atoms with Crippen molar-refractivity contribution in [2.75, 3.05) is 53.4 Å². The van der Waals surface area contributed by atoms with Gasteiger partial charge in [-0.2, -0.15) is 0 Å². The van der Waals surface area contributed by atoms with Gasteiger partial charge in [0.15, 0.2) is 0 Å². The second-order valence-corrected chi connectivity index (χ2v) is 7.07. The lowest BCUT2D eigenvalue weighted by Gasteiger charge is -2.24. The highest BCUT2D eigenvalue weighted by atomic mass is 35.5. The first-order valence-corrected chi connectivity index (χ1v) is 7.76. The number of carbonyl (C=O) groups is 2.